The molecule has 3 rings (SSSR count). The van der Waals surface area contributed by atoms with E-state index in [1.165, 1.54) is 12.8 Å². The van der Waals surface area contributed by atoms with Gasteiger partial charge in [-0.1, -0.05) is 11.8 Å². The largest absolute Gasteiger partial charge is 0.354 e. The Kier molecular flexibility index (Phi) is 10.1. The highest BCUT2D eigenvalue weighted by molar-refractivity contribution is 7.99. The van der Waals surface area contributed by atoms with Gasteiger partial charge in [-0.05, 0) is 25.5 Å². The van der Waals surface area contributed by atoms with Crippen LogP contribution >= 0.6 is 36.6 Å². The van der Waals surface area contributed by atoms with E-state index < -0.39 is 0 Å². The summed E-state index contributed by atoms with van der Waals surface area (Å²) in [6, 6.07) is 2.03. The van der Waals surface area contributed by atoms with Crippen molar-refractivity contribution >= 4 is 42.5 Å². The summed E-state index contributed by atoms with van der Waals surface area (Å²) in [5.41, 5.74) is 1.08. The van der Waals surface area contributed by atoms with Crippen LogP contribution < -0.4 is 10.6 Å². The van der Waals surface area contributed by atoms with Crippen LogP contribution in [0.1, 0.15) is 24.5 Å². The molecule has 0 spiro atoms. The molecule has 1 amide bonds. The number of nitrogens with one attached hydrogen (secondary N) is 2. The van der Waals surface area contributed by atoms with Crippen molar-refractivity contribution in [2.45, 2.75) is 30.5 Å². The average molecular weight is 421 g/mol. The van der Waals surface area contributed by atoms with Gasteiger partial charge in [-0.15, -0.1) is 24.8 Å². The summed E-state index contributed by atoms with van der Waals surface area (Å²) in [7, 11) is 1.96. The first-order valence-corrected chi connectivity index (χ1v) is 9.32. The van der Waals surface area contributed by atoms with Gasteiger partial charge in [-0.3, -0.25) is 9.48 Å². The number of carbonyl (C=O) groups is 1. The van der Waals surface area contributed by atoms with Crippen LogP contribution in [-0.4, -0.2) is 50.6 Å². The Morgan fingerprint density at radius 1 is 1.42 bits per heavy atom. The van der Waals surface area contributed by atoms with Crippen molar-refractivity contribution in [1.82, 2.24) is 30.0 Å². The van der Waals surface area contributed by atoms with Gasteiger partial charge < -0.3 is 15.2 Å². The molecule has 7 nitrogen and oxygen atoms in total. The number of carbonyl (C=O) groups excluding carboxylic acids is 1. The normalized spacial score (nSPS) is 16.4. The standard InChI is InChI=1S/C16H24N6OS.2ClH/c1-21-9-6-19-16(21)24-10-7-18-15(23)12-22-8-4-14(20-22)13-3-2-5-17-11-13;;/h4,6,8-9,13,17H,2-3,5,7,10-12H2,1H3,(H,18,23);2*1H. The number of hydrogen-bond donors (Lipinski definition) is 2. The Morgan fingerprint density at radius 2 is 2.27 bits per heavy atom. The summed E-state index contributed by atoms with van der Waals surface area (Å²) >= 11 is 1.63. The second-order valence-electron chi connectivity index (χ2n) is 6.00. The number of imidazole rings is 1. The number of nitrogens with zero attached hydrogens (tertiary/aromatic N) is 4. The molecule has 0 aliphatic carbocycles. The highest BCUT2D eigenvalue weighted by atomic mass is 35.5. The molecule has 1 fully saturated rings. The highest BCUT2D eigenvalue weighted by Crippen LogP contribution is 2.21. The molecule has 2 N–H and O–H groups in total. The summed E-state index contributed by atoms with van der Waals surface area (Å²) in [5, 5.41) is 11.8. The molecule has 3 heterocycles. The fourth-order valence-corrected chi connectivity index (χ4v) is 3.60. The first kappa shape index (κ1) is 22.8. The van der Waals surface area contributed by atoms with Crippen LogP contribution in [0.2, 0.25) is 0 Å². The molecule has 1 unspecified atom stereocenters. The average Bonchev–Trinajstić information content (AvgIpc) is 3.22. The zero-order chi connectivity index (χ0) is 16.8. The maximum Gasteiger partial charge on any atom is 0.241 e. The number of rotatable bonds is 7. The molecule has 0 saturated carbocycles. The van der Waals surface area contributed by atoms with Crippen LogP contribution in [0.25, 0.3) is 0 Å². The lowest BCUT2D eigenvalue weighted by Crippen LogP contribution is -2.30. The molecular formula is C16H26Cl2N6OS. The van der Waals surface area contributed by atoms with Gasteiger partial charge >= 0.3 is 0 Å². The van der Waals surface area contributed by atoms with Crippen molar-refractivity contribution in [2.24, 2.45) is 7.05 Å². The summed E-state index contributed by atoms with van der Waals surface area (Å²) in [6.45, 7) is 2.97. The number of hydrogen-bond acceptors (Lipinski definition) is 5. The van der Waals surface area contributed by atoms with Gasteiger partial charge in [0.1, 0.15) is 6.54 Å². The van der Waals surface area contributed by atoms with E-state index in [1.807, 2.05) is 30.1 Å². The predicted octanol–water partition coefficient (Wildman–Crippen LogP) is 1.84. The quantitative estimate of drug-likeness (QED) is 0.527. The van der Waals surface area contributed by atoms with Gasteiger partial charge in [0, 0.05) is 50.4 Å². The summed E-state index contributed by atoms with van der Waals surface area (Å²) < 4.78 is 3.70. The number of amides is 1. The van der Waals surface area contributed by atoms with E-state index in [2.05, 4.69) is 20.7 Å². The van der Waals surface area contributed by atoms with E-state index >= 15 is 0 Å². The molecule has 1 aliphatic rings. The van der Waals surface area contributed by atoms with Gasteiger partial charge in [0.2, 0.25) is 5.91 Å². The highest BCUT2D eigenvalue weighted by Gasteiger charge is 2.17. The smallest absolute Gasteiger partial charge is 0.241 e. The van der Waals surface area contributed by atoms with Crippen molar-refractivity contribution in [2.75, 3.05) is 25.4 Å². The third-order valence-electron chi connectivity index (χ3n) is 4.11. The van der Waals surface area contributed by atoms with Crippen LogP contribution in [-0.2, 0) is 18.4 Å². The summed E-state index contributed by atoms with van der Waals surface area (Å²) in [5.74, 6) is 1.26. The molecule has 0 bridgehead atoms. The maximum absolute atomic E-state index is 12.0. The monoisotopic (exact) mass is 420 g/mol. The summed E-state index contributed by atoms with van der Waals surface area (Å²) in [6.07, 6.45) is 7.94. The van der Waals surface area contributed by atoms with Crippen LogP contribution in [0.5, 0.6) is 0 Å². The van der Waals surface area contributed by atoms with Crippen molar-refractivity contribution in [3.05, 3.63) is 30.4 Å². The molecule has 2 aromatic heterocycles. The SMILES string of the molecule is Cl.Cl.Cn1ccnc1SCCNC(=O)Cn1ccc(C2CCCNC2)n1. The minimum absolute atomic E-state index is 0. The molecule has 1 saturated heterocycles. The van der Waals surface area contributed by atoms with E-state index in [9.17, 15) is 4.79 Å². The lowest BCUT2D eigenvalue weighted by atomic mass is 9.97. The Balaban J connectivity index is 0.00000169. The second-order valence-corrected chi connectivity index (χ2v) is 7.06. The van der Waals surface area contributed by atoms with E-state index in [0.717, 1.165) is 29.7 Å². The first-order valence-electron chi connectivity index (χ1n) is 8.33. The van der Waals surface area contributed by atoms with Crippen molar-refractivity contribution in [3.63, 3.8) is 0 Å². The van der Waals surface area contributed by atoms with Crippen molar-refractivity contribution in [1.29, 1.82) is 0 Å². The molecule has 0 aromatic carbocycles. The fourth-order valence-electron chi connectivity index (χ4n) is 2.81. The van der Waals surface area contributed by atoms with Gasteiger partial charge in [0.25, 0.3) is 0 Å². The molecule has 2 aromatic rings. The Labute approximate surface area is 170 Å². The van der Waals surface area contributed by atoms with Gasteiger partial charge in [0.15, 0.2) is 5.16 Å². The van der Waals surface area contributed by atoms with Crippen LogP contribution in [0.3, 0.4) is 0 Å². The van der Waals surface area contributed by atoms with E-state index in [1.54, 1.807) is 22.6 Å². The molecule has 1 aliphatic heterocycles. The number of thioether (sulfide) groups is 1. The minimum Gasteiger partial charge on any atom is -0.354 e. The van der Waals surface area contributed by atoms with E-state index in [-0.39, 0.29) is 37.3 Å². The molecule has 1 atom stereocenters. The van der Waals surface area contributed by atoms with Crippen LogP contribution in [0.15, 0.2) is 29.8 Å². The first-order chi connectivity index (χ1) is 11.7. The van der Waals surface area contributed by atoms with Crippen molar-refractivity contribution in [3.8, 4) is 0 Å². The van der Waals surface area contributed by atoms with Crippen molar-refractivity contribution < 1.29 is 4.79 Å². The van der Waals surface area contributed by atoms with E-state index in [4.69, 9.17) is 0 Å². The third-order valence-corrected chi connectivity index (χ3v) is 5.17. The Hall–Kier alpha value is -1.22. The molecule has 26 heavy (non-hydrogen) atoms. The minimum atomic E-state index is -0.00754. The number of halogens is 2. The molecule has 0 radical (unpaired) electrons. The fraction of sp³-hybridized carbons (Fsp3) is 0.562. The number of piperidine rings is 1. The van der Waals surface area contributed by atoms with E-state index in [0.29, 0.717) is 12.5 Å². The Bertz CT molecular complexity index is 671. The Morgan fingerprint density at radius 3 is 2.96 bits per heavy atom. The predicted molar refractivity (Wildman–Crippen MR) is 109 cm³/mol. The topological polar surface area (TPSA) is 76.8 Å². The third kappa shape index (κ3) is 6.50. The number of aromatic nitrogens is 4. The van der Waals surface area contributed by atoms with Gasteiger partial charge in [-0.25, -0.2) is 4.98 Å². The molecule has 10 heteroatoms. The second kappa shape index (κ2) is 11.5. The number of aryl methyl sites for hydroxylation is 1. The maximum atomic E-state index is 12.0. The zero-order valence-electron chi connectivity index (χ0n) is 14.8. The van der Waals surface area contributed by atoms with Gasteiger partial charge in [-0.2, -0.15) is 5.10 Å². The van der Waals surface area contributed by atoms with Crippen LogP contribution in [0, 0.1) is 0 Å². The summed E-state index contributed by atoms with van der Waals surface area (Å²) in [4.78, 5) is 16.3. The van der Waals surface area contributed by atoms with Gasteiger partial charge in [0.05, 0.1) is 5.69 Å². The molecular weight excluding hydrogens is 395 g/mol. The lowest BCUT2D eigenvalue weighted by molar-refractivity contribution is -0.121. The lowest BCUT2D eigenvalue weighted by Gasteiger charge is -2.20. The molecule has 146 valence electrons. The zero-order valence-corrected chi connectivity index (χ0v) is 17.2. The van der Waals surface area contributed by atoms with Crippen LogP contribution in [0.4, 0.5) is 0 Å².